The van der Waals surface area contributed by atoms with Crippen molar-refractivity contribution in [2.24, 2.45) is 0 Å². The highest BCUT2D eigenvalue weighted by Gasteiger charge is 2.34. The molecule has 2 heterocycles. The Morgan fingerprint density at radius 3 is 2.90 bits per heavy atom. The van der Waals surface area contributed by atoms with Crippen molar-refractivity contribution >= 4 is 23.2 Å². The molecule has 1 aliphatic rings. The highest BCUT2D eigenvalue weighted by molar-refractivity contribution is 7.11. The van der Waals surface area contributed by atoms with E-state index in [0.29, 0.717) is 13.1 Å². The van der Waals surface area contributed by atoms with Crippen LogP contribution in [0.5, 0.6) is 0 Å². The van der Waals surface area contributed by atoms with E-state index in [2.05, 4.69) is 4.98 Å². The number of hydrogen-bond donors (Lipinski definition) is 0. The van der Waals surface area contributed by atoms with Crippen molar-refractivity contribution in [2.75, 3.05) is 19.7 Å². The van der Waals surface area contributed by atoms with Crippen LogP contribution in [0.25, 0.3) is 0 Å². The van der Waals surface area contributed by atoms with Gasteiger partial charge >= 0.3 is 5.97 Å². The molecule has 0 N–H and O–H groups in total. The SMILES string of the molecule is CCOC(=O)c1nc(C(=O)N2CC(C)OC(C)(C)C2)cs1. The third-order valence-corrected chi connectivity index (χ3v) is 3.85. The largest absolute Gasteiger partial charge is 0.461 e. The summed E-state index contributed by atoms with van der Waals surface area (Å²) in [5.74, 6) is -0.665. The predicted molar refractivity (Wildman–Crippen MR) is 78.6 cm³/mol. The van der Waals surface area contributed by atoms with Crippen molar-refractivity contribution in [1.29, 1.82) is 0 Å². The van der Waals surface area contributed by atoms with Gasteiger partial charge in [0, 0.05) is 18.5 Å². The number of nitrogens with zero attached hydrogens (tertiary/aromatic N) is 2. The molecule has 0 aromatic carbocycles. The van der Waals surface area contributed by atoms with E-state index in [9.17, 15) is 9.59 Å². The van der Waals surface area contributed by atoms with Crippen LogP contribution in [-0.4, -0.2) is 53.2 Å². The number of rotatable bonds is 3. The van der Waals surface area contributed by atoms with E-state index in [1.807, 2.05) is 20.8 Å². The third kappa shape index (κ3) is 3.79. The maximum absolute atomic E-state index is 12.5. The minimum atomic E-state index is -0.489. The molecule has 1 aliphatic heterocycles. The average molecular weight is 312 g/mol. The number of aromatic nitrogens is 1. The van der Waals surface area contributed by atoms with Crippen LogP contribution in [-0.2, 0) is 9.47 Å². The summed E-state index contributed by atoms with van der Waals surface area (Å²) >= 11 is 1.13. The average Bonchev–Trinajstić information content (AvgIpc) is 2.85. The quantitative estimate of drug-likeness (QED) is 0.798. The Bertz CT molecular complexity index is 541. The molecule has 0 saturated carbocycles. The highest BCUT2D eigenvalue weighted by atomic mass is 32.1. The summed E-state index contributed by atoms with van der Waals surface area (Å²) in [6, 6.07) is 0. The summed E-state index contributed by atoms with van der Waals surface area (Å²) in [5.41, 5.74) is -0.0965. The zero-order valence-corrected chi connectivity index (χ0v) is 13.5. The summed E-state index contributed by atoms with van der Waals surface area (Å²) in [5, 5.41) is 1.81. The summed E-state index contributed by atoms with van der Waals surface area (Å²) in [4.78, 5) is 29.9. The molecule has 1 unspecified atom stereocenters. The Hall–Kier alpha value is -1.47. The van der Waals surface area contributed by atoms with Gasteiger partial charge in [0.15, 0.2) is 0 Å². The van der Waals surface area contributed by atoms with Gasteiger partial charge in [-0.05, 0) is 27.7 Å². The van der Waals surface area contributed by atoms with Crippen molar-refractivity contribution in [2.45, 2.75) is 39.4 Å². The van der Waals surface area contributed by atoms with E-state index in [4.69, 9.17) is 9.47 Å². The monoisotopic (exact) mass is 312 g/mol. The van der Waals surface area contributed by atoms with Crippen LogP contribution >= 0.6 is 11.3 Å². The number of amides is 1. The molecule has 1 aromatic rings. The molecular formula is C14H20N2O4S. The van der Waals surface area contributed by atoms with Gasteiger partial charge in [0.25, 0.3) is 5.91 Å². The molecule has 0 bridgehead atoms. The van der Waals surface area contributed by atoms with Crippen LogP contribution in [0.4, 0.5) is 0 Å². The zero-order valence-electron chi connectivity index (χ0n) is 12.7. The molecule has 1 aromatic heterocycles. The molecule has 0 spiro atoms. The Kier molecular flexibility index (Phi) is 4.63. The molecule has 2 rings (SSSR count). The van der Waals surface area contributed by atoms with Crippen LogP contribution in [0.1, 0.15) is 48.0 Å². The lowest BCUT2D eigenvalue weighted by molar-refractivity contribution is -0.118. The molecule has 21 heavy (non-hydrogen) atoms. The van der Waals surface area contributed by atoms with Gasteiger partial charge in [0.05, 0.1) is 18.3 Å². The number of hydrogen-bond acceptors (Lipinski definition) is 6. The molecule has 1 amide bonds. The van der Waals surface area contributed by atoms with E-state index in [1.165, 1.54) is 0 Å². The fraction of sp³-hybridized carbons (Fsp3) is 0.643. The lowest BCUT2D eigenvalue weighted by Crippen LogP contribution is -2.53. The first-order valence-electron chi connectivity index (χ1n) is 6.92. The molecule has 1 atom stereocenters. The Morgan fingerprint density at radius 1 is 1.57 bits per heavy atom. The van der Waals surface area contributed by atoms with Gasteiger partial charge < -0.3 is 14.4 Å². The van der Waals surface area contributed by atoms with Crippen LogP contribution in [0.2, 0.25) is 0 Å². The van der Waals surface area contributed by atoms with Gasteiger partial charge in [0.1, 0.15) is 5.69 Å². The first kappa shape index (κ1) is 15.9. The first-order chi connectivity index (χ1) is 9.82. The van der Waals surface area contributed by atoms with E-state index >= 15 is 0 Å². The summed E-state index contributed by atoms with van der Waals surface area (Å²) in [6.45, 7) is 8.89. The third-order valence-electron chi connectivity index (χ3n) is 3.03. The van der Waals surface area contributed by atoms with Crippen LogP contribution in [0.15, 0.2) is 5.38 Å². The van der Waals surface area contributed by atoms with Crippen molar-refractivity contribution < 1.29 is 19.1 Å². The molecule has 1 saturated heterocycles. The Labute approximate surface area is 128 Å². The van der Waals surface area contributed by atoms with E-state index in [-0.39, 0.29) is 34.9 Å². The fourth-order valence-electron chi connectivity index (χ4n) is 2.43. The normalized spacial score (nSPS) is 21.1. The summed E-state index contributed by atoms with van der Waals surface area (Å²) < 4.78 is 10.7. The molecule has 7 heteroatoms. The molecule has 1 fully saturated rings. The maximum Gasteiger partial charge on any atom is 0.367 e. The summed E-state index contributed by atoms with van der Waals surface area (Å²) in [6.07, 6.45) is -0.0270. The lowest BCUT2D eigenvalue weighted by Gasteiger charge is -2.41. The van der Waals surface area contributed by atoms with Gasteiger partial charge in [-0.15, -0.1) is 11.3 Å². The van der Waals surface area contributed by atoms with E-state index < -0.39 is 5.97 Å². The van der Waals surface area contributed by atoms with Crippen molar-refractivity contribution in [3.8, 4) is 0 Å². The lowest BCUT2D eigenvalue weighted by atomic mass is 10.1. The number of carbonyl (C=O) groups is 2. The van der Waals surface area contributed by atoms with Gasteiger partial charge in [-0.3, -0.25) is 4.79 Å². The van der Waals surface area contributed by atoms with Gasteiger partial charge in [0.2, 0.25) is 5.01 Å². The van der Waals surface area contributed by atoms with Crippen LogP contribution in [0, 0.1) is 0 Å². The van der Waals surface area contributed by atoms with Gasteiger partial charge in [-0.1, -0.05) is 0 Å². The summed E-state index contributed by atoms with van der Waals surface area (Å²) in [7, 11) is 0. The van der Waals surface area contributed by atoms with Crippen LogP contribution < -0.4 is 0 Å². The zero-order chi connectivity index (χ0) is 15.6. The number of esters is 1. The molecule has 6 nitrogen and oxygen atoms in total. The standard InChI is InChI=1S/C14H20N2O4S/c1-5-19-13(18)11-15-10(7-21-11)12(17)16-6-9(2)20-14(3,4)8-16/h7,9H,5-6,8H2,1-4H3. The maximum atomic E-state index is 12.5. The number of morpholine rings is 1. The number of thiazole rings is 1. The predicted octanol–water partition coefficient (Wildman–Crippen LogP) is 1.96. The number of ether oxygens (including phenoxy) is 2. The second-order valence-corrected chi connectivity index (χ2v) is 6.49. The van der Waals surface area contributed by atoms with Crippen LogP contribution in [0.3, 0.4) is 0 Å². The van der Waals surface area contributed by atoms with Crippen molar-refractivity contribution in [3.05, 3.63) is 16.1 Å². The highest BCUT2D eigenvalue weighted by Crippen LogP contribution is 2.23. The Morgan fingerprint density at radius 2 is 2.29 bits per heavy atom. The second kappa shape index (κ2) is 6.11. The molecule has 0 aliphatic carbocycles. The smallest absolute Gasteiger partial charge is 0.367 e. The first-order valence-corrected chi connectivity index (χ1v) is 7.80. The minimum absolute atomic E-state index is 0.0270. The van der Waals surface area contributed by atoms with E-state index in [1.54, 1.807) is 17.2 Å². The number of carbonyl (C=O) groups excluding carboxylic acids is 2. The van der Waals surface area contributed by atoms with Gasteiger partial charge in [-0.25, -0.2) is 9.78 Å². The molecular weight excluding hydrogens is 292 g/mol. The topological polar surface area (TPSA) is 68.7 Å². The Balaban J connectivity index is 2.11. The van der Waals surface area contributed by atoms with E-state index in [0.717, 1.165) is 11.3 Å². The minimum Gasteiger partial charge on any atom is -0.461 e. The van der Waals surface area contributed by atoms with Crippen molar-refractivity contribution in [3.63, 3.8) is 0 Å². The fourth-order valence-corrected chi connectivity index (χ4v) is 3.11. The molecule has 0 radical (unpaired) electrons. The van der Waals surface area contributed by atoms with Crippen molar-refractivity contribution in [1.82, 2.24) is 9.88 Å². The second-order valence-electron chi connectivity index (χ2n) is 5.63. The van der Waals surface area contributed by atoms with Gasteiger partial charge in [-0.2, -0.15) is 0 Å². The molecule has 116 valence electrons.